The van der Waals surface area contributed by atoms with Gasteiger partial charge in [0.1, 0.15) is 11.6 Å². The van der Waals surface area contributed by atoms with E-state index in [-0.39, 0.29) is 36.6 Å². The van der Waals surface area contributed by atoms with Crippen LogP contribution in [0.4, 0.5) is 0 Å². The number of carbonyl (C=O) groups excluding carboxylic acids is 2. The number of nitrogens with zero attached hydrogens (tertiary/aromatic N) is 4. The summed E-state index contributed by atoms with van der Waals surface area (Å²) in [7, 11) is 0. The summed E-state index contributed by atoms with van der Waals surface area (Å²) in [5, 5.41) is 0. The van der Waals surface area contributed by atoms with Crippen molar-refractivity contribution in [2.24, 2.45) is 0 Å². The largest absolute Gasteiger partial charge is 0.332 e. The van der Waals surface area contributed by atoms with E-state index in [1.165, 1.54) is 29.3 Å². The fraction of sp³-hybridized carbons (Fsp3) is 0.562. The summed E-state index contributed by atoms with van der Waals surface area (Å²) in [4.78, 5) is 52.2. The molecule has 0 fully saturated rings. The molecule has 8 nitrogen and oxygen atoms in total. The Morgan fingerprint density at radius 2 is 1.79 bits per heavy atom. The molecule has 0 atom stereocenters. The van der Waals surface area contributed by atoms with E-state index in [1.807, 2.05) is 6.92 Å². The molecular formula is C16H22N4O4. The number of imidazole rings is 1. The highest BCUT2D eigenvalue weighted by Crippen LogP contribution is 2.08. The van der Waals surface area contributed by atoms with E-state index >= 15 is 0 Å². The average molecular weight is 334 g/mol. The summed E-state index contributed by atoms with van der Waals surface area (Å²) in [5.41, 5.74) is -0.457. The van der Waals surface area contributed by atoms with Gasteiger partial charge in [-0.25, -0.2) is 9.78 Å². The fourth-order valence-corrected chi connectivity index (χ4v) is 2.58. The van der Waals surface area contributed by atoms with Crippen molar-refractivity contribution in [1.29, 1.82) is 0 Å². The minimum Gasteiger partial charge on any atom is -0.317 e. The van der Waals surface area contributed by atoms with Gasteiger partial charge in [-0.05, 0) is 20.3 Å². The number of aromatic nitrogens is 4. The third-order valence-corrected chi connectivity index (χ3v) is 3.80. The highest BCUT2D eigenvalue weighted by molar-refractivity contribution is 5.78. The second kappa shape index (κ2) is 7.37. The van der Waals surface area contributed by atoms with Gasteiger partial charge >= 0.3 is 5.69 Å². The number of ketones is 2. The molecule has 2 heterocycles. The Kier molecular flexibility index (Phi) is 5.48. The molecule has 0 amide bonds. The lowest BCUT2D eigenvalue weighted by molar-refractivity contribution is -0.118. The number of hydrogen-bond donors (Lipinski definition) is 0. The van der Waals surface area contributed by atoms with Crippen molar-refractivity contribution in [3.63, 3.8) is 0 Å². The highest BCUT2D eigenvalue weighted by Gasteiger charge is 2.18. The zero-order chi connectivity index (χ0) is 17.9. The van der Waals surface area contributed by atoms with Crippen LogP contribution in [0, 0.1) is 0 Å². The van der Waals surface area contributed by atoms with Crippen molar-refractivity contribution in [1.82, 2.24) is 18.7 Å². The predicted octanol–water partition coefficient (Wildman–Crippen LogP) is 0.728. The third-order valence-electron chi connectivity index (χ3n) is 3.80. The van der Waals surface area contributed by atoms with Crippen LogP contribution >= 0.6 is 0 Å². The maximum Gasteiger partial charge on any atom is 0.332 e. The van der Waals surface area contributed by atoms with Crippen LogP contribution in [0.15, 0.2) is 15.9 Å². The third kappa shape index (κ3) is 3.52. The molecule has 0 spiro atoms. The van der Waals surface area contributed by atoms with Crippen LogP contribution in [-0.4, -0.2) is 30.3 Å². The van der Waals surface area contributed by atoms with Crippen LogP contribution < -0.4 is 11.2 Å². The molecule has 2 rings (SSSR count). The van der Waals surface area contributed by atoms with Gasteiger partial charge in [0.05, 0.1) is 12.9 Å². The van der Waals surface area contributed by atoms with Crippen LogP contribution in [0.25, 0.3) is 11.2 Å². The minimum absolute atomic E-state index is 0.0183. The molecule has 0 saturated carbocycles. The van der Waals surface area contributed by atoms with E-state index in [1.54, 1.807) is 0 Å². The molecule has 0 aliphatic carbocycles. The maximum absolute atomic E-state index is 12.7. The van der Waals surface area contributed by atoms with Gasteiger partial charge in [0.15, 0.2) is 11.2 Å². The first-order valence-electron chi connectivity index (χ1n) is 8.04. The van der Waals surface area contributed by atoms with E-state index in [4.69, 9.17) is 0 Å². The molecular weight excluding hydrogens is 312 g/mol. The summed E-state index contributed by atoms with van der Waals surface area (Å²) in [6.07, 6.45) is 3.16. The Labute approximate surface area is 138 Å². The summed E-state index contributed by atoms with van der Waals surface area (Å²) in [6, 6.07) is 0. The molecule has 0 N–H and O–H groups in total. The number of Topliss-reactive ketones (excluding diaryl/α,β-unsaturated/α-hetero) is 2. The lowest BCUT2D eigenvalue weighted by atomic mass is 10.3. The highest BCUT2D eigenvalue weighted by atomic mass is 16.2. The molecule has 24 heavy (non-hydrogen) atoms. The summed E-state index contributed by atoms with van der Waals surface area (Å²) in [5.74, 6) is -0.214. The Morgan fingerprint density at radius 3 is 2.38 bits per heavy atom. The number of hydrogen-bond acceptors (Lipinski definition) is 5. The molecule has 0 bridgehead atoms. The van der Waals surface area contributed by atoms with Gasteiger partial charge in [0.2, 0.25) is 0 Å². The van der Waals surface area contributed by atoms with Gasteiger partial charge in [-0.2, -0.15) is 0 Å². The van der Waals surface area contributed by atoms with Crippen LogP contribution in [0.2, 0.25) is 0 Å². The molecule has 0 aromatic carbocycles. The Bertz CT molecular complexity index is 888. The standard InChI is InChI=1S/C16H22N4O4/c1-4-5-7-19-14-13(18(10-17-14)9-12(3)22)15(23)20(16(19)24)8-6-11(2)21/h10H,4-9H2,1-3H3. The second-order valence-electron chi connectivity index (χ2n) is 5.94. The van der Waals surface area contributed by atoms with E-state index < -0.39 is 11.2 Å². The Balaban J connectivity index is 2.70. The topological polar surface area (TPSA) is 96.0 Å². The fourth-order valence-electron chi connectivity index (χ4n) is 2.58. The number of unbranched alkanes of at least 4 members (excludes halogenated alkanes) is 1. The molecule has 0 saturated heterocycles. The van der Waals surface area contributed by atoms with Crippen LogP contribution in [0.5, 0.6) is 0 Å². The Morgan fingerprint density at radius 1 is 1.08 bits per heavy atom. The summed E-state index contributed by atoms with van der Waals surface area (Å²) >= 11 is 0. The van der Waals surface area contributed by atoms with Gasteiger partial charge in [-0.15, -0.1) is 0 Å². The molecule has 0 unspecified atom stereocenters. The first-order chi connectivity index (χ1) is 11.4. The SMILES string of the molecule is CCCCn1c(=O)n(CCC(C)=O)c(=O)c2c1ncn2CC(C)=O. The van der Waals surface area contributed by atoms with Gasteiger partial charge in [0, 0.05) is 19.5 Å². The van der Waals surface area contributed by atoms with E-state index in [2.05, 4.69) is 4.98 Å². The summed E-state index contributed by atoms with van der Waals surface area (Å²) < 4.78 is 3.99. The van der Waals surface area contributed by atoms with Crippen molar-refractivity contribution < 1.29 is 9.59 Å². The van der Waals surface area contributed by atoms with Crippen molar-refractivity contribution in [2.75, 3.05) is 0 Å². The van der Waals surface area contributed by atoms with E-state index in [0.717, 1.165) is 17.4 Å². The molecule has 0 radical (unpaired) electrons. The van der Waals surface area contributed by atoms with Gasteiger partial charge in [-0.3, -0.25) is 23.5 Å². The predicted molar refractivity (Wildman–Crippen MR) is 89.1 cm³/mol. The van der Waals surface area contributed by atoms with Crippen LogP contribution in [-0.2, 0) is 29.2 Å². The van der Waals surface area contributed by atoms with Gasteiger partial charge < -0.3 is 4.57 Å². The van der Waals surface area contributed by atoms with Gasteiger partial charge in [-0.1, -0.05) is 13.3 Å². The van der Waals surface area contributed by atoms with Crippen molar-refractivity contribution in [3.8, 4) is 0 Å². The molecule has 130 valence electrons. The minimum atomic E-state index is -0.511. The molecule has 0 aliphatic heterocycles. The summed E-state index contributed by atoms with van der Waals surface area (Å²) in [6.45, 7) is 5.32. The average Bonchev–Trinajstić information content (AvgIpc) is 2.89. The number of fused-ring (bicyclic) bond motifs is 1. The van der Waals surface area contributed by atoms with Gasteiger partial charge in [0.25, 0.3) is 5.56 Å². The Hall–Kier alpha value is -2.51. The monoisotopic (exact) mass is 334 g/mol. The normalized spacial score (nSPS) is 11.1. The second-order valence-corrected chi connectivity index (χ2v) is 5.94. The van der Waals surface area contributed by atoms with E-state index in [9.17, 15) is 19.2 Å². The number of carbonyl (C=O) groups is 2. The van der Waals surface area contributed by atoms with Crippen LogP contribution in [0.3, 0.4) is 0 Å². The zero-order valence-electron chi connectivity index (χ0n) is 14.2. The number of aryl methyl sites for hydroxylation is 1. The smallest absolute Gasteiger partial charge is 0.317 e. The maximum atomic E-state index is 12.7. The quantitative estimate of drug-likeness (QED) is 0.709. The van der Waals surface area contributed by atoms with Crippen LogP contribution in [0.1, 0.15) is 40.0 Å². The lowest BCUT2D eigenvalue weighted by Gasteiger charge is -2.11. The van der Waals surface area contributed by atoms with E-state index in [0.29, 0.717) is 12.2 Å². The first-order valence-corrected chi connectivity index (χ1v) is 8.04. The molecule has 2 aromatic heterocycles. The first kappa shape index (κ1) is 17.8. The lowest BCUT2D eigenvalue weighted by Crippen LogP contribution is -2.41. The molecule has 2 aromatic rings. The zero-order valence-corrected chi connectivity index (χ0v) is 14.2. The molecule has 8 heteroatoms. The van der Waals surface area contributed by atoms with Crippen molar-refractivity contribution in [2.45, 2.75) is 59.7 Å². The van der Waals surface area contributed by atoms with Crippen molar-refractivity contribution >= 4 is 22.7 Å². The van der Waals surface area contributed by atoms with Crippen molar-refractivity contribution in [3.05, 3.63) is 27.2 Å². The number of rotatable bonds is 8. The molecule has 0 aliphatic rings.